The molecular weight excluding hydrogens is 460 g/mol. The van der Waals surface area contributed by atoms with Gasteiger partial charge in [0, 0.05) is 34.9 Å². The number of hydrogen-bond acceptors (Lipinski definition) is 7. The lowest BCUT2D eigenvalue weighted by Gasteiger charge is -2.14. The number of pyridine rings is 1. The third kappa shape index (κ3) is 5.63. The summed E-state index contributed by atoms with van der Waals surface area (Å²) in [5.41, 5.74) is 1.91. The first-order chi connectivity index (χ1) is 15.8. The van der Waals surface area contributed by atoms with E-state index in [1.807, 2.05) is 13.0 Å². The van der Waals surface area contributed by atoms with Crippen molar-refractivity contribution in [3.8, 4) is 0 Å². The number of carbonyl (C=O) groups excluding carboxylic acids is 2. The van der Waals surface area contributed by atoms with E-state index in [0.29, 0.717) is 16.1 Å². The maximum Gasteiger partial charge on any atom is 0.325 e. The molecule has 33 heavy (non-hydrogen) atoms. The first-order valence-corrected chi connectivity index (χ1v) is 13.1. The number of hydrogen-bond donors (Lipinski definition) is 2. The molecule has 4 rings (SSSR count). The third-order valence-electron chi connectivity index (χ3n) is 5.51. The van der Waals surface area contributed by atoms with Gasteiger partial charge in [-0.3, -0.25) is 15.1 Å². The molecule has 8 nitrogen and oxygen atoms in total. The Hall–Kier alpha value is -3.11. The lowest BCUT2D eigenvalue weighted by Crippen LogP contribution is -2.22. The van der Waals surface area contributed by atoms with E-state index in [-0.39, 0.29) is 27.5 Å². The number of urea groups is 1. The highest BCUT2D eigenvalue weighted by atomic mass is 32.2. The Morgan fingerprint density at radius 1 is 1.12 bits per heavy atom. The average Bonchev–Trinajstić information content (AvgIpc) is 3.47. The first kappa shape index (κ1) is 23.1. The Morgan fingerprint density at radius 2 is 1.91 bits per heavy atom. The maximum atomic E-state index is 13.0. The normalized spacial score (nSPS) is 14.2. The van der Waals surface area contributed by atoms with Gasteiger partial charge >= 0.3 is 6.03 Å². The van der Waals surface area contributed by atoms with E-state index < -0.39 is 15.9 Å². The second-order valence-electron chi connectivity index (χ2n) is 8.05. The lowest BCUT2D eigenvalue weighted by molar-refractivity contribution is 0.0923. The van der Waals surface area contributed by atoms with Gasteiger partial charge in [0.2, 0.25) is 0 Å². The van der Waals surface area contributed by atoms with Gasteiger partial charge in [0.05, 0.1) is 16.3 Å². The number of nitrogens with one attached hydrogen (secondary N) is 2. The van der Waals surface area contributed by atoms with Gasteiger partial charge in [0.15, 0.2) is 20.8 Å². The molecule has 1 fully saturated rings. The van der Waals surface area contributed by atoms with Crippen LogP contribution < -0.4 is 10.6 Å². The lowest BCUT2D eigenvalue weighted by atomic mass is 9.94. The molecule has 1 aliphatic carbocycles. The Kier molecular flexibility index (Phi) is 6.85. The molecule has 0 atom stereocenters. The van der Waals surface area contributed by atoms with Crippen molar-refractivity contribution < 1.29 is 18.0 Å². The highest BCUT2D eigenvalue weighted by molar-refractivity contribution is 7.90. The number of Topliss-reactive ketones (excluding diaryl/α,β-unsaturated/α-hetero) is 1. The van der Waals surface area contributed by atoms with Crippen molar-refractivity contribution in [1.82, 2.24) is 9.97 Å². The summed E-state index contributed by atoms with van der Waals surface area (Å²) in [5, 5.41) is 5.63. The second-order valence-corrected chi connectivity index (χ2v) is 11.2. The largest absolute Gasteiger partial charge is 0.325 e. The maximum absolute atomic E-state index is 13.0. The number of rotatable bonds is 7. The minimum atomic E-state index is -3.56. The van der Waals surface area contributed by atoms with Crippen molar-refractivity contribution in [2.24, 2.45) is 5.92 Å². The quantitative estimate of drug-likeness (QED) is 0.464. The van der Waals surface area contributed by atoms with Crippen LogP contribution in [0.4, 0.5) is 15.6 Å². The van der Waals surface area contributed by atoms with Gasteiger partial charge in [-0.25, -0.2) is 18.2 Å². The van der Waals surface area contributed by atoms with Gasteiger partial charge in [-0.15, -0.1) is 11.3 Å². The zero-order chi connectivity index (χ0) is 23.4. The van der Waals surface area contributed by atoms with Crippen LogP contribution in [0.3, 0.4) is 0 Å². The minimum Gasteiger partial charge on any atom is -0.307 e. The molecule has 0 bridgehead atoms. The summed E-state index contributed by atoms with van der Waals surface area (Å²) in [6.07, 6.45) is 8.09. The van der Waals surface area contributed by atoms with Crippen molar-refractivity contribution in [3.05, 3.63) is 64.9 Å². The molecule has 1 aliphatic rings. The Labute approximate surface area is 196 Å². The van der Waals surface area contributed by atoms with Crippen LogP contribution in [0.2, 0.25) is 0 Å². The molecule has 0 radical (unpaired) electrons. The molecule has 10 heteroatoms. The van der Waals surface area contributed by atoms with Crippen molar-refractivity contribution in [2.45, 2.75) is 43.3 Å². The molecule has 0 spiro atoms. The summed E-state index contributed by atoms with van der Waals surface area (Å²) in [6.45, 7) is 1.91. The Bertz CT molecular complexity index is 1270. The molecule has 1 saturated carbocycles. The topological polar surface area (TPSA) is 118 Å². The molecule has 2 heterocycles. The fourth-order valence-corrected chi connectivity index (χ4v) is 6.29. The molecule has 2 N–H and O–H groups in total. The summed E-state index contributed by atoms with van der Waals surface area (Å²) in [7, 11) is -3.56. The van der Waals surface area contributed by atoms with E-state index in [1.165, 1.54) is 24.7 Å². The number of thiazole rings is 1. The van der Waals surface area contributed by atoms with Crippen LogP contribution in [0.1, 0.15) is 46.5 Å². The van der Waals surface area contributed by atoms with Crippen LogP contribution in [-0.4, -0.2) is 30.2 Å². The zero-order valence-electron chi connectivity index (χ0n) is 18.1. The standard InChI is InChI=1S/C23H24N4O4S2/c1-15-8-9-20(19(11-15)21(28)16-5-2-3-6-16)26-22(29)27-23-25-12-17(32-23)14-33(30,31)18-7-4-10-24-13-18/h4,7-13,16H,2-3,5-6,14H2,1H3,(H2,25,26,27,29). The molecular formula is C23H24N4O4S2. The van der Waals surface area contributed by atoms with Gasteiger partial charge in [-0.2, -0.15) is 0 Å². The number of sulfone groups is 1. The van der Waals surface area contributed by atoms with Gasteiger partial charge in [0.1, 0.15) is 0 Å². The Morgan fingerprint density at radius 3 is 2.64 bits per heavy atom. The Balaban J connectivity index is 1.43. The summed E-state index contributed by atoms with van der Waals surface area (Å²) < 4.78 is 25.0. The number of nitrogens with zero attached hydrogens (tertiary/aromatic N) is 2. The monoisotopic (exact) mass is 484 g/mol. The summed E-state index contributed by atoms with van der Waals surface area (Å²) >= 11 is 1.08. The highest BCUT2D eigenvalue weighted by Crippen LogP contribution is 2.31. The molecule has 0 unspecified atom stereocenters. The molecule has 172 valence electrons. The van der Waals surface area contributed by atoms with Gasteiger partial charge < -0.3 is 5.32 Å². The van der Waals surface area contributed by atoms with E-state index in [9.17, 15) is 18.0 Å². The van der Waals surface area contributed by atoms with Crippen LogP contribution in [0, 0.1) is 12.8 Å². The van der Waals surface area contributed by atoms with Crippen molar-refractivity contribution >= 4 is 43.8 Å². The number of anilines is 2. The van der Waals surface area contributed by atoms with Crippen LogP contribution in [0.5, 0.6) is 0 Å². The van der Waals surface area contributed by atoms with E-state index in [0.717, 1.165) is 42.6 Å². The summed E-state index contributed by atoms with van der Waals surface area (Å²) in [5.74, 6) is -0.181. The van der Waals surface area contributed by atoms with Crippen LogP contribution in [0.15, 0.2) is 53.8 Å². The zero-order valence-corrected chi connectivity index (χ0v) is 19.7. The molecule has 0 aliphatic heterocycles. The predicted molar refractivity (Wildman–Crippen MR) is 127 cm³/mol. The SMILES string of the molecule is Cc1ccc(NC(=O)Nc2ncc(CS(=O)(=O)c3cccnc3)s2)c(C(=O)C2CCCC2)c1. The number of carbonyl (C=O) groups is 2. The third-order valence-corrected chi connectivity index (χ3v) is 8.26. The van der Waals surface area contributed by atoms with Gasteiger partial charge in [-0.05, 0) is 44.0 Å². The molecule has 0 saturated heterocycles. The van der Waals surface area contributed by atoms with E-state index in [4.69, 9.17) is 0 Å². The fraction of sp³-hybridized carbons (Fsp3) is 0.304. The molecule has 3 aromatic rings. The number of amides is 2. The first-order valence-electron chi connectivity index (χ1n) is 10.6. The van der Waals surface area contributed by atoms with E-state index >= 15 is 0 Å². The minimum absolute atomic E-state index is 0.00121. The average molecular weight is 485 g/mol. The van der Waals surface area contributed by atoms with Crippen LogP contribution >= 0.6 is 11.3 Å². The fourth-order valence-electron chi connectivity index (χ4n) is 3.86. The van der Waals surface area contributed by atoms with E-state index in [2.05, 4.69) is 20.6 Å². The smallest absolute Gasteiger partial charge is 0.307 e. The summed E-state index contributed by atoms with van der Waals surface area (Å²) in [4.78, 5) is 34.1. The number of aryl methyl sites for hydroxylation is 1. The molecule has 2 aromatic heterocycles. The van der Waals surface area contributed by atoms with Crippen LogP contribution in [-0.2, 0) is 15.6 Å². The second kappa shape index (κ2) is 9.80. The van der Waals surface area contributed by atoms with Gasteiger partial charge in [-0.1, -0.05) is 24.5 Å². The van der Waals surface area contributed by atoms with Crippen molar-refractivity contribution in [1.29, 1.82) is 0 Å². The number of ketones is 1. The van der Waals surface area contributed by atoms with Crippen LogP contribution in [0.25, 0.3) is 0 Å². The van der Waals surface area contributed by atoms with Gasteiger partial charge in [0.25, 0.3) is 0 Å². The number of aromatic nitrogens is 2. The number of benzene rings is 1. The van der Waals surface area contributed by atoms with Crippen molar-refractivity contribution in [2.75, 3.05) is 10.6 Å². The molecule has 1 aromatic carbocycles. The van der Waals surface area contributed by atoms with Crippen molar-refractivity contribution in [3.63, 3.8) is 0 Å². The highest BCUT2D eigenvalue weighted by Gasteiger charge is 2.26. The summed E-state index contributed by atoms with van der Waals surface area (Å²) in [6, 6.07) is 7.88. The van der Waals surface area contributed by atoms with E-state index in [1.54, 1.807) is 18.2 Å². The molecule has 2 amide bonds. The predicted octanol–water partition coefficient (Wildman–Crippen LogP) is 4.84.